The first kappa shape index (κ1) is 87.1. The van der Waals surface area contributed by atoms with Crippen molar-refractivity contribution in [3.05, 3.63) is 0 Å². The monoisotopic (exact) mass is 1310 g/mol. The molecule has 0 saturated heterocycles. The third-order valence-corrected chi connectivity index (χ3v) is 18.1. The molecule has 0 fully saturated rings. The predicted molar refractivity (Wildman–Crippen MR) is 358 cm³/mol. The molecule has 0 heterocycles. The molecule has 0 saturated carbocycles. The number of hydrogen-bond acceptors (Lipinski definition) is 15. The summed E-state index contributed by atoms with van der Waals surface area (Å²) in [4.78, 5) is 72.3. The van der Waals surface area contributed by atoms with Crippen LogP contribution < -0.4 is 0 Å². The summed E-state index contributed by atoms with van der Waals surface area (Å²) < 4.78 is 68.1. The van der Waals surface area contributed by atoms with Crippen LogP contribution in [0.5, 0.6) is 0 Å². The van der Waals surface area contributed by atoms with Crippen molar-refractivity contribution in [2.24, 2.45) is 11.8 Å². The van der Waals surface area contributed by atoms with Gasteiger partial charge in [0.05, 0.1) is 26.4 Å². The maximum absolute atomic E-state index is 13.0. The smallest absolute Gasteiger partial charge is 0.462 e. The topological polar surface area (TPSA) is 237 Å². The lowest BCUT2D eigenvalue weighted by Gasteiger charge is -2.21. The number of unbranched alkanes of at least 4 members (excludes halogenated alkanes) is 39. The zero-order valence-corrected chi connectivity index (χ0v) is 59.5. The summed E-state index contributed by atoms with van der Waals surface area (Å²) in [5.41, 5.74) is 0. The van der Waals surface area contributed by atoms with Crippen LogP contribution in [0.2, 0.25) is 0 Å². The van der Waals surface area contributed by atoms with E-state index in [1.54, 1.807) is 0 Å². The van der Waals surface area contributed by atoms with Crippen molar-refractivity contribution < 1.29 is 80.2 Å². The molecule has 0 bridgehead atoms. The highest BCUT2D eigenvalue weighted by molar-refractivity contribution is 7.47. The van der Waals surface area contributed by atoms with Crippen LogP contribution in [-0.4, -0.2) is 96.7 Å². The van der Waals surface area contributed by atoms with Gasteiger partial charge in [-0.2, -0.15) is 0 Å². The van der Waals surface area contributed by atoms with Crippen LogP contribution in [0.4, 0.5) is 0 Å². The molecule has 0 aliphatic heterocycles. The van der Waals surface area contributed by atoms with Crippen molar-refractivity contribution in [3.63, 3.8) is 0 Å². The molecule has 0 rings (SSSR count). The summed E-state index contributed by atoms with van der Waals surface area (Å²) in [6.45, 7) is 9.44. The molecule has 0 radical (unpaired) electrons. The van der Waals surface area contributed by atoms with Gasteiger partial charge >= 0.3 is 39.5 Å². The number of carbonyl (C=O) groups is 4. The Balaban J connectivity index is 5.13. The lowest BCUT2D eigenvalue weighted by Crippen LogP contribution is -2.30. The lowest BCUT2D eigenvalue weighted by atomic mass is 10.0. The van der Waals surface area contributed by atoms with Crippen molar-refractivity contribution in [1.82, 2.24) is 0 Å². The second-order valence-corrected chi connectivity index (χ2v) is 29.1. The zero-order valence-electron chi connectivity index (χ0n) is 57.7. The fourth-order valence-corrected chi connectivity index (χ4v) is 12.2. The van der Waals surface area contributed by atoms with Crippen molar-refractivity contribution in [3.8, 4) is 0 Å². The van der Waals surface area contributed by atoms with Crippen LogP contribution in [0.1, 0.15) is 356 Å². The van der Waals surface area contributed by atoms with Gasteiger partial charge in [0.25, 0.3) is 0 Å². The fraction of sp³-hybridized carbons (Fsp3) is 0.943. The summed E-state index contributed by atoms with van der Waals surface area (Å²) >= 11 is 0. The molecule has 0 aliphatic carbocycles. The van der Waals surface area contributed by atoms with Crippen molar-refractivity contribution in [2.75, 3.05) is 39.6 Å². The molecule has 0 aromatic heterocycles. The van der Waals surface area contributed by atoms with Gasteiger partial charge in [0, 0.05) is 25.7 Å². The molecule has 2 unspecified atom stereocenters. The molecule has 17 nitrogen and oxygen atoms in total. The SMILES string of the molecule is CCCCCCCCCCCCCCC(=O)OC[C@H](COP(=O)(O)OC[C@@H](O)COP(=O)(O)OC[C@@H](COC(=O)CCCCCCCCC)OC(=O)CCCCCCCCC(C)C)OC(=O)CCCCCCCCCCCCCCCCCCCCC(C)C. The minimum absolute atomic E-state index is 0.102. The van der Waals surface area contributed by atoms with E-state index >= 15 is 0 Å². The van der Waals surface area contributed by atoms with E-state index in [9.17, 15) is 43.2 Å². The van der Waals surface area contributed by atoms with Crippen LogP contribution in [-0.2, 0) is 65.4 Å². The molecule has 0 amide bonds. The summed E-state index contributed by atoms with van der Waals surface area (Å²) in [5, 5.41) is 10.6. The zero-order chi connectivity index (χ0) is 65.7. The highest BCUT2D eigenvalue weighted by atomic mass is 31.2. The van der Waals surface area contributed by atoms with Gasteiger partial charge in [0.15, 0.2) is 12.2 Å². The number of aliphatic hydroxyl groups is 1. The first-order valence-corrected chi connectivity index (χ1v) is 39.5. The summed E-state index contributed by atoms with van der Waals surface area (Å²) in [5.74, 6) is -0.643. The molecule has 0 aliphatic rings. The van der Waals surface area contributed by atoms with Gasteiger partial charge in [-0.1, -0.05) is 305 Å². The van der Waals surface area contributed by atoms with Crippen LogP contribution in [0.15, 0.2) is 0 Å². The van der Waals surface area contributed by atoms with Gasteiger partial charge in [0.1, 0.15) is 19.3 Å². The van der Waals surface area contributed by atoms with Crippen LogP contribution in [0.25, 0.3) is 0 Å². The molecule has 0 aromatic carbocycles. The Hall–Kier alpha value is -1.94. The number of ether oxygens (including phenoxy) is 4. The number of esters is 4. The molecule has 5 atom stereocenters. The summed E-state index contributed by atoms with van der Waals surface area (Å²) in [6.07, 6.45) is 47.6. The molecular formula is C70H136O17P2. The van der Waals surface area contributed by atoms with Gasteiger partial charge in [-0.25, -0.2) is 9.13 Å². The number of hydrogen-bond donors (Lipinski definition) is 3. The quantitative estimate of drug-likeness (QED) is 0.0222. The van der Waals surface area contributed by atoms with Crippen LogP contribution in [0.3, 0.4) is 0 Å². The van der Waals surface area contributed by atoms with E-state index in [2.05, 4.69) is 41.5 Å². The molecule has 528 valence electrons. The first-order chi connectivity index (χ1) is 42.9. The minimum Gasteiger partial charge on any atom is -0.462 e. The third-order valence-electron chi connectivity index (χ3n) is 16.2. The van der Waals surface area contributed by atoms with E-state index in [0.717, 1.165) is 109 Å². The predicted octanol–water partition coefficient (Wildman–Crippen LogP) is 20.0. The Kier molecular flexibility index (Phi) is 60.8. The van der Waals surface area contributed by atoms with Crippen LogP contribution in [0, 0.1) is 11.8 Å². The Bertz CT molecular complexity index is 1730. The Morgan fingerprint density at radius 1 is 0.303 bits per heavy atom. The second kappa shape index (κ2) is 62.2. The summed E-state index contributed by atoms with van der Waals surface area (Å²) in [7, 11) is -9.89. The molecule has 3 N–H and O–H groups in total. The normalized spacial score (nSPS) is 14.1. The van der Waals surface area contributed by atoms with Gasteiger partial charge in [-0.15, -0.1) is 0 Å². The van der Waals surface area contributed by atoms with E-state index in [-0.39, 0.29) is 25.7 Å². The van der Waals surface area contributed by atoms with Gasteiger partial charge < -0.3 is 33.8 Å². The standard InChI is InChI=1S/C70H136O17P2/c1-7-9-11-13-15-16-17-27-30-34-41-47-53-68(73)81-59-65(86-69(74)54-48-42-35-31-28-25-23-21-19-18-20-22-24-26-29-33-38-44-50-62(3)4)60-84-88(76,77)82-56-64(71)57-83-89(78,79)85-61-66(58-80-67(72)52-46-40-32-14-12-10-8-2)87-70(75)55-49-43-37-36-39-45-51-63(5)6/h62-66,71H,7-61H2,1-6H3,(H,76,77)(H,78,79)/t64-,65-,66-/m1/s1. The largest absolute Gasteiger partial charge is 0.472 e. The van der Waals surface area contributed by atoms with E-state index in [4.69, 9.17) is 37.0 Å². The average Bonchev–Trinajstić information content (AvgIpc) is 3.71. The number of rotatable bonds is 69. The van der Waals surface area contributed by atoms with Crippen molar-refractivity contribution in [1.29, 1.82) is 0 Å². The van der Waals surface area contributed by atoms with Crippen molar-refractivity contribution in [2.45, 2.75) is 374 Å². The van der Waals surface area contributed by atoms with Crippen molar-refractivity contribution >= 4 is 39.5 Å². The minimum atomic E-state index is -4.95. The highest BCUT2D eigenvalue weighted by Crippen LogP contribution is 2.45. The maximum atomic E-state index is 13.0. The third kappa shape index (κ3) is 64.6. The number of phosphoric ester groups is 2. The molecule has 0 spiro atoms. The highest BCUT2D eigenvalue weighted by Gasteiger charge is 2.30. The molecular weight excluding hydrogens is 1170 g/mol. The van der Waals surface area contributed by atoms with E-state index in [1.165, 1.54) is 161 Å². The van der Waals surface area contributed by atoms with E-state index in [0.29, 0.717) is 31.6 Å². The number of phosphoric acid groups is 2. The van der Waals surface area contributed by atoms with E-state index < -0.39 is 97.5 Å². The fourth-order valence-electron chi connectivity index (χ4n) is 10.6. The van der Waals surface area contributed by atoms with Gasteiger partial charge in [0.2, 0.25) is 0 Å². The number of aliphatic hydroxyl groups excluding tert-OH is 1. The Labute approximate surface area is 543 Å². The molecule has 0 aromatic rings. The van der Waals surface area contributed by atoms with Gasteiger partial charge in [-0.05, 0) is 37.5 Å². The number of carbonyl (C=O) groups excluding carboxylic acids is 4. The average molecular weight is 1310 g/mol. The lowest BCUT2D eigenvalue weighted by molar-refractivity contribution is -0.161. The first-order valence-electron chi connectivity index (χ1n) is 36.5. The summed E-state index contributed by atoms with van der Waals surface area (Å²) in [6, 6.07) is 0. The van der Waals surface area contributed by atoms with Crippen LogP contribution >= 0.6 is 15.6 Å². The molecule has 19 heteroatoms. The molecule has 89 heavy (non-hydrogen) atoms. The Morgan fingerprint density at radius 3 is 0.764 bits per heavy atom. The maximum Gasteiger partial charge on any atom is 0.472 e. The second-order valence-electron chi connectivity index (χ2n) is 26.2. The van der Waals surface area contributed by atoms with E-state index in [1.807, 2.05) is 0 Å². The Morgan fingerprint density at radius 2 is 0.517 bits per heavy atom. The van der Waals surface area contributed by atoms with Gasteiger partial charge in [-0.3, -0.25) is 37.3 Å².